The van der Waals surface area contributed by atoms with Crippen LogP contribution in [0.3, 0.4) is 0 Å². The number of hydrogen-bond acceptors (Lipinski definition) is 4. The molecule has 2 aromatic heterocycles. The molecule has 1 N–H and O–H groups in total. The highest BCUT2D eigenvalue weighted by Crippen LogP contribution is 2.26. The number of halogens is 1. The monoisotopic (exact) mass is 328 g/mol. The van der Waals surface area contributed by atoms with Gasteiger partial charge in [-0.05, 0) is 43.7 Å². The molecule has 0 unspecified atom stereocenters. The van der Waals surface area contributed by atoms with Crippen molar-refractivity contribution in [3.05, 3.63) is 58.4 Å². The number of rotatable bonds is 3. The molecule has 0 fully saturated rings. The highest BCUT2D eigenvalue weighted by molar-refractivity contribution is 6.31. The van der Waals surface area contributed by atoms with Gasteiger partial charge in [0.15, 0.2) is 5.82 Å². The van der Waals surface area contributed by atoms with Crippen LogP contribution in [0.5, 0.6) is 0 Å². The number of fused-ring (bicyclic) bond motifs is 1. The smallest absolute Gasteiger partial charge is 0.335 e. The highest BCUT2D eigenvalue weighted by atomic mass is 35.5. The third-order valence-corrected chi connectivity index (χ3v) is 3.84. The Hall–Kier alpha value is -2.73. The van der Waals surface area contributed by atoms with Gasteiger partial charge >= 0.3 is 5.97 Å². The molecule has 0 aliphatic rings. The molecule has 1 aromatic carbocycles. The fourth-order valence-corrected chi connectivity index (χ4v) is 2.33. The highest BCUT2D eigenvalue weighted by Gasteiger charge is 2.11. The number of carboxylic acid groups (broad SMARTS) is 1. The van der Waals surface area contributed by atoms with Gasteiger partial charge in [0.05, 0.1) is 16.9 Å². The van der Waals surface area contributed by atoms with E-state index >= 15 is 0 Å². The van der Waals surface area contributed by atoms with Gasteiger partial charge in [-0.2, -0.15) is 0 Å². The molecule has 116 valence electrons. The molecule has 0 radical (unpaired) electrons. The Bertz CT molecular complexity index is 947. The number of imidazole rings is 1. The fraction of sp³-hybridized carbons (Fsp3) is 0.125. The van der Waals surface area contributed by atoms with E-state index in [1.807, 2.05) is 19.1 Å². The number of aromatic nitrogens is 2. The number of aryl methyl sites for hydroxylation is 2. The van der Waals surface area contributed by atoms with Crippen molar-refractivity contribution >= 4 is 34.7 Å². The van der Waals surface area contributed by atoms with Crippen LogP contribution in [-0.4, -0.2) is 20.5 Å². The first-order valence-corrected chi connectivity index (χ1v) is 7.23. The molecule has 0 aliphatic heterocycles. The van der Waals surface area contributed by atoms with Crippen LogP contribution in [0, 0.1) is 13.8 Å². The average molecular weight is 329 g/mol. The predicted molar refractivity (Wildman–Crippen MR) is 87.3 cm³/mol. The van der Waals surface area contributed by atoms with Crippen LogP contribution in [0.4, 0.5) is 11.5 Å². The van der Waals surface area contributed by atoms with E-state index in [0.717, 1.165) is 5.56 Å². The van der Waals surface area contributed by atoms with E-state index in [-0.39, 0.29) is 5.56 Å². The number of hydrogen-bond donors (Lipinski definition) is 1. The number of azo groups is 1. The summed E-state index contributed by atoms with van der Waals surface area (Å²) in [4.78, 5) is 15.3. The third-order valence-electron chi connectivity index (χ3n) is 3.43. The lowest BCUT2D eigenvalue weighted by atomic mass is 10.2. The second kappa shape index (κ2) is 5.81. The summed E-state index contributed by atoms with van der Waals surface area (Å²) in [6, 6.07) is 8.43. The minimum Gasteiger partial charge on any atom is -0.478 e. The Morgan fingerprint density at radius 1 is 1.22 bits per heavy atom. The van der Waals surface area contributed by atoms with Crippen molar-refractivity contribution in [3.63, 3.8) is 0 Å². The van der Waals surface area contributed by atoms with Crippen LogP contribution in [0.1, 0.15) is 21.6 Å². The van der Waals surface area contributed by atoms with Crippen LogP contribution in [0.25, 0.3) is 5.65 Å². The third kappa shape index (κ3) is 2.93. The predicted octanol–water partition coefficient (Wildman–Crippen LogP) is 4.72. The Morgan fingerprint density at radius 3 is 2.70 bits per heavy atom. The first-order valence-electron chi connectivity index (χ1n) is 6.85. The molecule has 2 heterocycles. The van der Waals surface area contributed by atoms with Crippen LogP contribution in [-0.2, 0) is 0 Å². The lowest BCUT2D eigenvalue weighted by Crippen LogP contribution is -1.97. The fourth-order valence-electron chi connectivity index (χ4n) is 2.15. The van der Waals surface area contributed by atoms with Gasteiger partial charge in [0, 0.05) is 11.2 Å². The molecule has 23 heavy (non-hydrogen) atoms. The molecule has 0 atom stereocenters. The van der Waals surface area contributed by atoms with Crippen LogP contribution < -0.4 is 0 Å². The molecule has 3 rings (SSSR count). The number of carboxylic acids is 1. The van der Waals surface area contributed by atoms with Crippen molar-refractivity contribution < 1.29 is 9.90 Å². The van der Waals surface area contributed by atoms with E-state index in [1.165, 1.54) is 12.1 Å². The van der Waals surface area contributed by atoms with Crippen molar-refractivity contribution in [2.45, 2.75) is 13.8 Å². The standard InChI is InChI=1S/C16H13ClN4O2/c1-9-3-4-12(8-13(9)17)19-20-15-10(2)18-14-7-11(16(22)23)5-6-21(14)15/h3-8H,1-2H3,(H,22,23). The van der Waals surface area contributed by atoms with Crippen LogP contribution in [0.2, 0.25) is 5.02 Å². The molecule has 0 spiro atoms. The molecule has 0 bridgehead atoms. The van der Waals surface area contributed by atoms with Gasteiger partial charge in [-0.15, -0.1) is 10.2 Å². The van der Waals surface area contributed by atoms with Gasteiger partial charge in [0.25, 0.3) is 0 Å². The maximum atomic E-state index is 11.0. The summed E-state index contributed by atoms with van der Waals surface area (Å²) in [5.41, 5.74) is 2.96. The lowest BCUT2D eigenvalue weighted by molar-refractivity contribution is 0.0697. The summed E-state index contributed by atoms with van der Waals surface area (Å²) in [6.45, 7) is 3.71. The molecule has 7 heteroatoms. The Kier molecular flexibility index (Phi) is 3.83. The number of benzene rings is 1. The zero-order valence-electron chi connectivity index (χ0n) is 12.5. The average Bonchev–Trinajstić information content (AvgIpc) is 2.83. The van der Waals surface area contributed by atoms with E-state index in [0.29, 0.717) is 27.9 Å². The molecule has 0 amide bonds. The molecule has 0 saturated heterocycles. The number of pyridine rings is 1. The largest absolute Gasteiger partial charge is 0.478 e. The van der Waals surface area contributed by atoms with E-state index in [4.69, 9.17) is 16.7 Å². The number of carbonyl (C=O) groups is 1. The molecular formula is C16H13ClN4O2. The molecule has 0 saturated carbocycles. The van der Waals surface area contributed by atoms with Gasteiger partial charge in [-0.1, -0.05) is 17.7 Å². The summed E-state index contributed by atoms with van der Waals surface area (Å²) >= 11 is 6.07. The normalized spacial score (nSPS) is 11.4. The van der Waals surface area contributed by atoms with Crippen molar-refractivity contribution in [2.24, 2.45) is 10.2 Å². The molecule has 0 aliphatic carbocycles. The van der Waals surface area contributed by atoms with Crippen molar-refractivity contribution in [1.82, 2.24) is 9.38 Å². The summed E-state index contributed by atoms with van der Waals surface area (Å²) < 4.78 is 1.70. The molecular weight excluding hydrogens is 316 g/mol. The van der Waals surface area contributed by atoms with Gasteiger partial charge in [0.1, 0.15) is 5.65 Å². The van der Waals surface area contributed by atoms with Crippen molar-refractivity contribution in [3.8, 4) is 0 Å². The number of aromatic carboxylic acids is 1. The van der Waals surface area contributed by atoms with Gasteiger partial charge in [-0.3, -0.25) is 4.40 Å². The summed E-state index contributed by atoms with van der Waals surface area (Å²) in [5.74, 6) is -0.445. The maximum Gasteiger partial charge on any atom is 0.335 e. The Morgan fingerprint density at radius 2 is 2.00 bits per heavy atom. The lowest BCUT2D eigenvalue weighted by Gasteiger charge is -1.99. The second-order valence-electron chi connectivity index (χ2n) is 5.10. The van der Waals surface area contributed by atoms with Gasteiger partial charge in [-0.25, -0.2) is 9.78 Å². The molecule has 3 aromatic rings. The van der Waals surface area contributed by atoms with Gasteiger partial charge in [0.2, 0.25) is 0 Å². The minimum absolute atomic E-state index is 0.177. The zero-order valence-corrected chi connectivity index (χ0v) is 13.2. The minimum atomic E-state index is -0.995. The first-order chi connectivity index (χ1) is 11.0. The maximum absolute atomic E-state index is 11.0. The van der Waals surface area contributed by atoms with E-state index in [1.54, 1.807) is 23.6 Å². The Balaban J connectivity index is 2.02. The summed E-state index contributed by atoms with van der Waals surface area (Å²) in [5, 5.41) is 18.1. The SMILES string of the molecule is Cc1ccc(N=Nc2c(C)nc3cc(C(=O)O)ccn23)cc1Cl. The van der Waals surface area contributed by atoms with Crippen molar-refractivity contribution in [2.75, 3.05) is 0 Å². The van der Waals surface area contributed by atoms with Gasteiger partial charge < -0.3 is 5.11 Å². The first kappa shape index (κ1) is 15.2. The van der Waals surface area contributed by atoms with E-state index in [9.17, 15) is 4.79 Å². The number of nitrogens with zero attached hydrogens (tertiary/aromatic N) is 4. The second-order valence-corrected chi connectivity index (χ2v) is 5.51. The van der Waals surface area contributed by atoms with Crippen molar-refractivity contribution in [1.29, 1.82) is 0 Å². The quantitative estimate of drug-likeness (QED) is 0.706. The summed E-state index contributed by atoms with van der Waals surface area (Å²) in [7, 11) is 0. The topological polar surface area (TPSA) is 79.3 Å². The zero-order chi connectivity index (χ0) is 16.6. The van der Waals surface area contributed by atoms with E-state index in [2.05, 4.69) is 15.2 Å². The Labute approximate surface area is 137 Å². The van der Waals surface area contributed by atoms with Crippen LogP contribution >= 0.6 is 11.6 Å². The van der Waals surface area contributed by atoms with Crippen LogP contribution in [0.15, 0.2) is 46.8 Å². The molecule has 6 nitrogen and oxygen atoms in total. The summed E-state index contributed by atoms with van der Waals surface area (Å²) in [6.07, 6.45) is 1.62. The van der Waals surface area contributed by atoms with E-state index < -0.39 is 5.97 Å².